The van der Waals surface area contributed by atoms with E-state index in [-0.39, 0.29) is 0 Å². The van der Waals surface area contributed by atoms with Crippen LogP contribution in [0.2, 0.25) is 0 Å². The van der Waals surface area contributed by atoms with Gasteiger partial charge in [-0.2, -0.15) is 0 Å². The molecule has 0 aliphatic rings. The van der Waals surface area contributed by atoms with Crippen molar-refractivity contribution in [3.63, 3.8) is 0 Å². The van der Waals surface area contributed by atoms with Gasteiger partial charge in [-0.05, 0) is 39.6 Å². The van der Waals surface area contributed by atoms with Gasteiger partial charge in [0.25, 0.3) is 0 Å². The Morgan fingerprint density at radius 1 is 1.40 bits per heavy atom. The Kier molecular flexibility index (Phi) is 9.22. The maximum atomic E-state index is 5.62. The molecule has 3 heteroatoms. The molecule has 15 heavy (non-hydrogen) atoms. The average molecular weight is 211 g/mol. The second-order valence-corrected chi connectivity index (χ2v) is 3.63. The quantitative estimate of drug-likeness (QED) is 0.470. The van der Waals surface area contributed by atoms with E-state index in [0.717, 1.165) is 38.3 Å². The van der Waals surface area contributed by atoms with Crippen LogP contribution in [0.25, 0.3) is 0 Å². The Hall–Kier alpha value is -0.800. The monoisotopic (exact) mass is 211 g/mol. The minimum Gasteiger partial charge on any atom is -0.399 e. The molecule has 0 spiro atoms. The average Bonchev–Trinajstić information content (AvgIpc) is 2.26. The highest BCUT2D eigenvalue weighted by molar-refractivity contribution is 5.13. The summed E-state index contributed by atoms with van der Waals surface area (Å²) in [5.74, 6) is 0. The van der Waals surface area contributed by atoms with Gasteiger partial charge in [0.15, 0.2) is 0 Å². The molecule has 3 nitrogen and oxygen atoms in total. The zero-order valence-electron chi connectivity index (χ0n) is 10.3. The van der Waals surface area contributed by atoms with Crippen molar-refractivity contribution in [1.82, 2.24) is 10.2 Å². The van der Waals surface area contributed by atoms with Crippen molar-refractivity contribution in [3.05, 3.63) is 23.9 Å². The lowest BCUT2D eigenvalue weighted by Gasteiger charge is -2.13. The molecule has 0 aliphatic carbocycles. The molecule has 0 fully saturated rings. The molecule has 3 N–H and O–H groups in total. The van der Waals surface area contributed by atoms with Crippen LogP contribution in [-0.4, -0.2) is 38.1 Å². The highest BCUT2D eigenvalue weighted by Gasteiger charge is 1.91. The normalized spacial score (nSPS) is 12.9. The van der Waals surface area contributed by atoms with Gasteiger partial charge in [-0.3, -0.25) is 0 Å². The molecule has 0 saturated carbocycles. The number of hydrogen-bond acceptors (Lipinski definition) is 3. The molecule has 0 saturated heterocycles. The Labute approximate surface area is 94.0 Å². The number of nitrogens with zero attached hydrogens (tertiary/aromatic N) is 1. The van der Waals surface area contributed by atoms with Crippen LogP contribution >= 0.6 is 0 Å². The van der Waals surface area contributed by atoms with E-state index in [1.54, 1.807) is 0 Å². The zero-order valence-corrected chi connectivity index (χ0v) is 10.3. The first kappa shape index (κ1) is 14.2. The molecule has 0 aromatic rings. The Morgan fingerprint density at radius 2 is 2.13 bits per heavy atom. The molecule has 0 radical (unpaired) electrons. The minimum atomic E-state index is 0.834. The smallest absolute Gasteiger partial charge is 0.0267 e. The summed E-state index contributed by atoms with van der Waals surface area (Å²) < 4.78 is 0. The molecule has 0 amide bonds. The number of rotatable bonds is 8. The van der Waals surface area contributed by atoms with Crippen LogP contribution in [0.5, 0.6) is 0 Å². The van der Waals surface area contributed by atoms with Gasteiger partial charge in [0.05, 0.1) is 0 Å². The van der Waals surface area contributed by atoms with E-state index in [0.29, 0.717) is 0 Å². The maximum Gasteiger partial charge on any atom is 0.0267 e. The van der Waals surface area contributed by atoms with Gasteiger partial charge in [0.1, 0.15) is 0 Å². The van der Waals surface area contributed by atoms with Crippen molar-refractivity contribution in [1.29, 1.82) is 0 Å². The van der Waals surface area contributed by atoms with Crippen LogP contribution in [-0.2, 0) is 0 Å². The SMILES string of the molecule is C/C=C(N)\C=C/CCNCCN(C)CC. The number of allylic oxidation sites excluding steroid dienone is 2. The first-order valence-electron chi connectivity index (χ1n) is 5.68. The summed E-state index contributed by atoms with van der Waals surface area (Å²) in [4.78, 5) is 2.29. The lowest BCUT2D eigenvalue weighted by atomic mass is 10.3. The third kappa shape index (κ3) is 9.50. The molecule has 0 aromatic heterocycles. The Morgan fingerprint density at radius 3 is 2.73 bits per heavy atom. The van der Waals surface area contributed by atoms with Crippen LogP contribution in [0.3, 0.4) is 0 Å². The van der Waals surface area contributed by atoms with E-state index >= 15 is 0 Å². The largest absolute Gasteiger partial charge is 0.399 e. The van der Waals surface area contributed by atoms with Gasteiger partial charge in [-0.1, -0.05) is 19.1 Å². The maximum absolute atomic E-state index is 5.62. The second-order valence-electron chi connectivity index (χ2n) is 3.63. The summed E-state index contributed by atoms with van der Waals surface area (Å²) in [5.41, 5.74) is 6.45. The summed E-state index contributed by atoms with van der Waals surface area (Å²) in [6.07, 6.45) is 7.00. The van der Waals surface area contributed by atoms with E-state index in [4.69, 9.17) is 5.73 Å². The number of nitrogens with two attached hydrogens (primary N) is 1. The lowest BCUT2D eigenvalue weighted by molar-refractivity contribution is 0.350. The van der Waals surface area contributed by atoms with Crippen LogP contribution < -0.4 is 11.1 Å². The molecule has 0 aromatic carbocycles. The molecular formula is C12H25N3. The third-order valence-electron chi connectivity index (χ3n) is 2.34. The summed E-state index contributed by atoms with van der Waals surface area (Å²) in [6, 6.07) is 0. The van der Waals surface area contributed by atoms with Crippen molar-refractivity contribution in [2.24, 2.45) is 5.73 Å². The van der Waals surface area contributed by atoms with Crippen molar-refractivity contribution in [2.75, 3.05) is 33.2 Å². The fraction of sp³-hybridized carbons (Fsp3) is 0.667. The minimum absolute atomic E-state index is 0.834. The molecule has 0 aliphatic heterocycles. The highest BCUT2D eigenvalue weighted by atomic mass is 15.1. The summed E-state index contributed by atoms with van der Waals surface area (Å²) in [6.45, 7) is 8.40. The van der Waals surface area contributed by atoms with Crippen molar-refractivity contribution >= 4 is 0 Å². The van der Waals surface area contributed by atoms with Crippen LogP contribution in [0.15, 0.2) is 23.9 Å². The number of hydrogen-bond donors (Lipinski definition) is 2. The van der Waals surface area contributed by atoms with Gasteiger partial charge in [-0.25, -0.2) is 0 Å². The molecule has 88 valence electrons. The first-order chi connectivity index (χ1) is 7.20. The fourth-order valence-electron chi connectivity index (χ4n) is 1.05. The van der Waals surface area contributed by atoms with E-state index in [9.17, 15) is 0 Å². The van der Waals surface area contributed by atoms with Gasteiger partial charge in [0, 0.05) is 18.8 Å². The molecular weight excluding hydrogens is 186 g/mol. The van der Waals surface area contributed by atoms with E-state index in [1.165, 1.54) is 0 Å². The van der Waals surface area contributed by atoms with Crippen LogP contribution in [0.4, 0.5) is 0 Å². The molecule has 0 bridgehead atoms. The second kappa shape index (κ2) is 9.74. The van der Waals surface area contributed by atoms with Gasteiger partial charge < -0.3 is 16.0 Å². The third-order valence-corrected chi connectivity index (χ3v) is 2.34. The Balaban J connectivity index is 3.29. The van der Waals surface area contributed by atoms with Gasteiger partial charge in [-0.15, -0.1) is 0 Å². The lowest BCUT2D eigenvalue weighted by Crippen LogP contribution is -2.29. The van der Waals surface area contributed by atoms with Crippen LogP contribution in [0.1, 0.15) is 20.3 Å². The highest BCUT2D eigenvalue weighted by Crippen LogP contribution is 1.88. The predicted molar refractivity (Wildman–Crippen MR) is 67.7 cm³/mol. The van der Waals surface area contributed by atoms with Crippen LogP contribution in [0, 0.1) is 0 Å². The van der Waals surface area contributed by atoms with Crippen molar-refractivity contribution in [3.8, 4) is 0 Å². The topological polar surface area (TPSA) is 41.3 Å². The Bertz CT molecular complexity index is 197. The fourth-order valence-corrected chi connectivity index (χ4v) is 1.05. The van der Waals surface area contributed by atoms with Crippen molar-refractivity contribution in [2.45, 2.75) is 20.3 Å². The van der Waals surface area contributed by atoms with Crippen molar-refractivity contribution < 1.29 is 0 Å². The van der Waals surface area contributed by atoms with E-state index < -0.39 is 0 Å². The summed E-state index contributed by atoms with van der Waals surface area (Å²) >= 11 is 0. The molecule has 0 atom stereocenters. The molecule has 0 unspecified atom stereocenters. The molecule has 0 heterocycles. The van der Waals surface area contributed by atoms with Gasteiger partial charge >= 0.3 is 0 Å². The van der Waals surface area contributed by atoms with Gasteiger partial charge in [0.2, 0.25) is 0 Å². The standard InChI is InChI=1S/C12H25N3/c1-4-12(13)8-6-7-9-14-10-11-15(3)5-2/h4,6,8,14H,5,7,9-11,13H2,1-3H3/b8-6-,12-4+. The summed E-state index contributed by atoms with van der Waals surface area (Å²) in [7, 11) is 2.13. The zero-order chi connectivity index (χ0) is 11.5. The number of likely N-dealkylation sites (N-methyl/N-ethyl adjacent to an activating group) is 1. The van der Waals surface area contributed by atoms with E-state index in [2.05, 4.69) is 30.3 Å². The number of nitrogens with one attached hydrogen (secondary N) is 1. The van der Waals surface area contributed by atoms with E-state index in [1.807, 2.05) is 19.1 Å². The molecule has 0 rings (SSSR count). The first-order valence-corrected chi connectivity index (χ1v) is 5.68. The predicted octanol–water partition coefficient (Wildman–Crippen LogP) is 1.34. The summed E-state index contributed by atoms with van der Waals surface area (Å²) in [5, 5.41) is 3.39.